The second-order valence-electron chi connectivity index (χ2n) is 6.01. The normalized spacial score (nSPS) is 10.8. The number of nitrogens with one attached hydrogen (secondary N) is 1. The summed E-state index contributed by atoms with van der Waals surface area (Å²) in [5, 5.41) is 11.5. The predicted octanol–water partition coefficient (Wildman–Crippen LogP) is 4.96. The Labute approximate surface area is 164 Å². The lowest BCUT2D eigenvalue weighted by atomic mass is 10.1. The standard InChI is InChI=1S/C21H15N3OS2/c22-10-14-6-8-15(9-7-14)11-26-13-18-23-20(25)19-17(12-27-21(19)24-18)16-4-2-1-3-5-16/h1-9,12H,11,13H2,(H,23,24,25). The van der Waals surface area contributed by atoms with Gasteiger partial charge in [0.05, 0.1) is 22.8 Å². The molecule has 4 aromatic rings. The number of rotatable bonds is 5. The van der Waals surface area contributed by atoms with Crippen molar-refractivity contribution >= 4 is 33.3 Å². The second-order valence-corrected chi connectivity index (χ2v) is 7.85. The molecule has 4 nitrogen and oxygen atoms in total. The average molecular weight is 390 g/mol. The van der Waals surface area contributed by atoms with Gasteiger partial charge >= 0.3 is 0 Å². The van der Waals surface area contributed by atoms with Crippen molar-refractivity contribution in [3.63, 3.8) is 0 Å². The molecule has 2 heterocycles. The molecular weight excluding hydrogens is 374 g/mol. The molecule has 0 radical (unpaired) electrons. The lowest BCUT2D eigenvalue weighted by molar-refractivity contribution is 1.04. The average Bonchev–Trinajstić information content (AvgIpc) is 3.14. The fourth-order valence-electron chi connectivity index (χ4n) is 2.83. The molecule has 6 heteroatoms. The van der Waals surface area contributed by atoms with Gasteiger partial charge in [-0.3, -0.25) is 4.79 Å². The van der Waals surface area contributed by atoms with Crippen molar-refractivity contribution in [2.75, 3.05) is 0 Å². The van der Waals surface area contributed by atoms with Crippen molar-refractivity contribution in [3.05, 3.63) is 87.3 Å². The largest absolute Gasteiger partial charge is 0.309 e. The molecule has 27 heavy (non-hydrogen) atoms. The van der Waals surface area contributed by atoms with E-state index in [2.05, 4.69) is 16.0 Å². The van der Waals surface area contributed by atoms with E-state index in [4.69, 9.17) is 5.26 Å². The van der Waals surface area contributed by atoms with E-state index in [1.54, 1.807) is 11.8 Å². The van der Waals surface area contributed by atoms with Crippen LogP contribution in [0.1, 0.15) is 17.0 Å². The highest BCUT2D eigenvalue weighted by atomic mass is 32.2. The van der Waals surface area contributed by atoms with Crippen LogP contribution in [0, 0.1) is 11.3 Å². The van der Waals surface area contributed by atoms with Crippen molar-refractivity contribution in [2.24, 2.45) is 0 Å². The van der Waals surface area contributed by atoms with Crippen LogP contribution in [0.2, 0.25) is 0 Å². The highest BCUT2D eigenvalue weighted by molar-refractivity contribution is 7.97. The van der Waals surface area contributed by atoms with Crippen molar-refractivity contribution in [2.45, 2.75) is 11.5 Å². The van der Waals surface area contributed by atoms with Gasteiger partial charge in [-0.05, 0) is 23.3 Å². The molecule has 1 N–H and O–H groups in total. The highest BCUT2D eigenvalue weighted by Gasteiger charge is 2.12. The lowest BCUT2D eigenvalue weighted by Crippen LogP contribution is -2.10. The van der Waals surface area contributed by atoms with E-state index in [-0.39, 0.29) is 5.56 Å². The molecule has 0 aliphatic heterocycles. The van der Waals surface area contributed by atoms with Crippen LogP contribution in [-0.4, -0.2) is 9.97 Å². The molecule has 0 aliphatic carbocycles. The third-order valence-electron chi connectivity index (χ3n) is 4.17. The van der Waals surface area contributed by atoms with E-state index >= 15 is 0 Å². The van der Waals surface area contributed by atoms with Crippen LogP contribution >= 0.6 is 23.1 Å². The molecule has 0 spiro atoms. The summed E-state index contributed by atoms with van der Waals surface area (Å²) in [7, 11) is 0. The van der Waals surface area contributed by atoms with Gasteiger partial charge in [0.15, 0.2) is 0 Å². The van der Waals surface area contributed by atoms with Crippen LogP contribution in [0.25, 0.3) is 21.3 Å². The lowest BCUT2D eigenvalue weighted by Gasteiger charge is -2.03. The predicted molar refractivity (Wildman–Crippen MR) is 112 cm³/mol. The molecule has 0 unspecified atom stereocenters. The molecule has 4 rings (SSSR count). The van der Waals surface area contributed by atoms with Gasteiger partial charge in [0, 0.05) is 16.7 Å². The Kier molecular flexibility index (Phi) is 5.05. The van der Waals surface area contributed by atoms with Gasteiger partial charge in [-0.2, -0.15) is 5.26 Å². The van der Waals surface area contributed by atoms with Crippen LogP contribution in [0.3, 0.4) is 0 Å². The molecule has 0 amide bonds. The topological polar surface area (TPSA) is 69.5 Å². The Morgan fingerprint density at radius 3 is 2.59 bits per heavy atom. The molecule has 132 valence electrons. The maximum atomic E-state index is 12.6. The minimum Gasteiger partial charge on any atom is -0.309 e. The summed E-state index contributed by atoms with van der Waals surface area (Å²) in [6.45, 7) is 0. The molecule has 0 saturated heterocycles. The highest BCUT2D eigenvalue weighted by Crippen LogP contribution is 2.30. The number of benzene rings is 2. The van der Waals surface area contributed by atoms with E-state index in [0.29, 0.717) is 22.5 Å². The molecule has 2 aromatic carbocycles. The number of aromatic amines is 1. The first kappa shape index (κ1) is 17.5. The number of aromatic nitrogens is 2. The number of hydrogen-bond acceptors (Lipinski definition) is 5. The van der Waals surface area contributed by atoms with Gasteiger partial charge in [-0.1, -0.05) is 42.5 Å². The minimum atomic E-state index is -0.0888. The second kappa shape index (κ2) is 7.78. The van der Waals surface area contributed by atoms with Gasteiger partial charge in [-0.15, -0.1) is 23.1 Å². The first-order chi connectivity index (χ1) is 13.2. The van der Waals surface area contributed by atoms with Crippen LogP contribution < -0.4 is 5.56 Å². The van der Waals surface area contributed by atoms with Gasteiger partial charge in [0.2, 0.25) is 0 Å². The summed E-state index contributed by atoms with van der Waals surface area (Å²) < 4.78 is 0. The van der Waals surface area contributed by atoms with E-state index in [1.807, 2.05) is 60.0 Å². The summed E-state index contributed by atoms with van der Waals surface area (Å²) in [5.41, 5.74) is 3.67. The molecule has 0 saturated carbocycles. The zero-order valence-electron chi connectivity index (χ0n) is 14.3. The number of nitrogens with zero attached hydrogens (tertiary/aromatic N) is 2. The van der Waals surface area contributed by atoms with E-state index in [0.717, 1.165) is 27.3 Å². The van der Waals surface area contributed by atoms with Gasteiger partial charge in [-0.25, -0.2) is 4.98 Å². The van der Waals surface area contributed by atoms with Crippen molar-refractivity contribution < 1.29 is 0 Å². The fraction of sp³-hybridized carbons (Fsp3) is 0.0952. The maximum Gasteiger partial charge on any atom is 0.260 e. The Morgan fingerprint density at radius 2 is 1.85 bits per heavy atom. The SMILES string of the molecule is N#Cc1ccc(CSCc2nc3scc(-c4ccccc4)c3c(=O)[nH]2)cc1. The number of thiophene rings is 1. The molecule has 0 aliphatic rings. The smallest absolute Gasteiger partial charge is 0.260 e. The number of hydrogen-bond donors (Lipinski definition) is 1. The Balaban J connectivity index is 1.52. The van der Waals surface area contributed by atoms with Gasteiger partial charge < -0.3 is 4.98 Å². The third-order valence-corrected chi connectivity index (χ3v) is 6.06. The Morgan fingerprint density at radius 1 is 1.07 bits per heavy atom. The Hall–Kier alpha value is -2.88. The van der Waals surface area contributed by atoms with Crippen molar-refractivity contribution in [3.8, 4) is 17.2 Å². The molecule has 0 fully saturated rings. The summed E-state index contributed by atoms with van der Waals surface area (Å²) >= 11 is 3.18. The van der Waals surface area contributed by atoms with Crippen molar-refractivity contribution in [1.29, 1.82) is 5.26 Å². The number of fused-ring (bicyclic) bond motifs is 1. The fourth-order valence-corrected chi connectivity index (χ4v) is 4.66. The van der Waals surface area contributed by atoms with Gasteiger partial charge in [0.25, 0.3) is 5.56 Å². The Bertz CT molecular complexity index is 1170. The van der Waals surface area contributed by atoms with Crippen LogP contribution in [0.15, 0.2) is 64.8 Å². The summed E-state index contributed by atoms with van der Waals surface area (Å²) in [5.74, 6) is 2.12. The van der Waals surface area contributed by atoms with Crippen LogP contribution in [-0.2, 0) is 11.5 Å². The third kappa shape index (κ3) is 3.80. The monoisotopic (exact) mass is 389 g/mol. The summed E-state index contributed by atoms with van der Waals surface area (Å²) in [6.07, 6.45) is 0. The molecule has 2 aromatic heterocycles. The van der Waals surface area contributed by atoms with Crippen LogP contribution in [0.5, 0.6) is 0 Å². The molecular formula is C21H15N3OS2. The van der Waals surface area contributed by atoms with E-state index in [1.165, 1.54) is 11.3 Å². The zero-order chi connectivity index (χ0) is 18.6. The summed E-state index contributed by atoms with van der Waals surface area (Å²) in [4.78, 5) is 21.0. The minimum absolute atomic E-state index is 0.0888. The first-order valence-electron chi connectivity index (χ1n) is 8.37. The van der Waals surface area contributed by atoms with E-state index in [9.17, 15) is 4.79 Å². The molecule has 0 bridgehead atoms. The van der Waals surface area contributed by atoms with Crippen molar-refractivity contribution in [1.82, 2.24) is 9.97 Å². The first-order valence-corrected chi connectivity index (χ1v) is 10.4. The van der Waals surface area contributed by atoms with Crippen LogP contribution in [0.4, 0.5) is 0 Å². The molecule has 0 atom stereocenters. The quantitative estimate of drug-likeness (QED) is 0.524. The number of thioether (sulfide) groups is 1. The zero-order valence-corrected chi connectivity index (χ0v) is 15.9. The number of nitriles is 1. The number of H-pyrrole nitrogens is 1. The van der Waals surface area contributed by atoms with E-state index < -0.39 is 0 Å². The van der Waals surface area contributed by atoms with Gasteiger partial charge in [0.1, 0.15) is 10.7 Å². The maximum absolute atomic E-state index is 12.6. The summed E-state index contributed by atoms with van der Waals surface area (Å²) in [6, 6.07) is 19.6.